The van der Waals surface area contributed by atoms with Gasteiger partial charge in [-0.15, -0.1) is 0 Å². The first kappa shape index (κ1) is 15.4. The van der Waals surface area contributed by atoms with Crippen LogP contribution < -0.4 is 10.6 Å². The molecule has 2 nitrogen and oxygen atoms in total. The zero-order valence-corrected chi connectivity index (χ0v) is 12.6. The van der Waals surface area contributed by atoms with Gasteiger partial charge < -0.3 is 10.6 Å². The van der Waals surface area contributed by atoms with E-state index in [1.165, 1.54) is 11.1 Å². The van der Waals surface area contributed by atoms with Crippen LogP contribution in [0.4, 0.5) is 11.4 Å². The number of hydrogen-bond donors (Lipinski definition) is 1. The second kappa shape index (κ2) is 7.67. The summed E-state index contributed by atoms with van der Waals surface area (Å²) in [4.78, 5) is 2.23. The highest BCUT2D eigenvalue weighted by Crippen LogP contribution is 2.23. The van der Waals surface area contributed by atoms with Crippen molar-refractivity contribution in [3.8, 4) is 0 Å². The van der Waals surface area contributed by atoms with E-state index in [4.69, 9.17) is 5.73 Å². The Bertz CT molecular complexity index is 458. The van der Waals surface area contributed by atoms with Gasteiger partial charge in [0.25, 0.3) is 0 Å². The summed E-state index contributed by atoms with van der Waals surface area (Å²) in [5, 5.41) is 0. The maximum atomic E-state index is 6.06. The molecule has 0 bridgehead atoms. The lowest BCUT2D eigenvalue weighted by Gasteiger charge is -2.21. The maximum absolute atomic E-state index is 6.06. The number of hydrogen-bond acceptors (Lipinski definition) is 2. The molecular weight excluding hydrogens is 232 g/mol. The molecule has 0 aromatic heterocycles. The Morgan fingerprint density at radius 3 is 2.63 bits per heavy atom. The third kappa shape index (κ3) is 4.82. The highest BCUT2D eigenvalue weighted by molar-refractivity contribution is 5.68. The van der Waals surface area contributed by atoms with Crippen molar-refractivity contribution in [3.05, 3.63) is 47.6 Å². The third-order valence-corrected chi connectivity index (χ3v) is 3.30. The molecule has 0 aliphatic rings. The van der Waals surface area contributed by atoms with Gasteiger partial charge in [-0.05, 0) is 51.3 Å². The molecule has 0 aliphatic heterocycles. The molecule has 0 radical (unpaired) electrons. The molecular formula is C17H26N2. The Morgan fingerprint density at radius 1 is 1.32 bits per heavy atom. The van der Waals surface area contributed by atoms with Crippen LogP contribution in [0.15, 0.2) is 42.0 Å². The van der Waals surface area contributed by atoms with Gasteiger partial charge in [-0.25, -0.2) is 0 Å². The van der Waals surface area contributed by atoms with Crippen molar-refractivity contribution in [2.45, 2.75) is 33.6 Å². The zero-order valence-electron chi connectivity index (χ0n) is 12.6. The molecule has 0 amide bonds. The number of aryl methyl sites for hydroxylation is 1. The Kier molecular flexibility index (Phi) is 6.20. The fraction of sp³-hybridized carbons (Fsp3) is 0.412. The fourth-order valence-electron chi connectivity index (χ4n) is 2.20. The first-order valence-corrected chi connectivity index (χ1v) is 6.93. The first-order chi connectivity index (χ1) is 9.08. The van der Waals surface area contributed by atoms with Gasteiger partial charge in [0.15, 0.2) is 0 Å². The lowest BCUT2D eigenvalue weighted by molar-refractivity contribution is 0.788. The zero-order chi connectivity index (χ0) is 14.3. The van der Waals surface area contributed by atoms with E-state index in [2.05, 4.69) is 63.1 Å². The van der Waals surface area contributed by atoms with E-state index in [-0.39, 0.29) is 0 Å². The Balaban J connectivity index is 2.54. The normalized spacial score (nSPS) is 12.1. The van der Waals surface area contributed by atoms with Gasteiger partial charge >= 0.3 is 0 Å². The molecule has 0 saturated carbocycles. The number of allylic oxidation sites excluding steroid dienone is 4. The van der Waals surface area contributed by atoms with E-state index < -0.39 is 0 Å². The molecule has 2 N–H and O–H groups in total. The fourth-order valence-corrected chi connectivity index (χ4v) is 2.20. The summed E-state index contributed by atoms with van der Waals surface area (Å²) < 4.78 is 0. The van der Waals surface area contributed by atoms with Gasteiger partial charge in [-0.2, -0.15) is 0 Å². The third-order valence-electron chi connectivity index (χ3n) is 3.30. The summed E-state index contributed by atoms with van der Waals surface area (Å²) >= 11 is 0. The predicted molar refractivity (Wildman–Crippen MR) is 86.7 cm³/mol. The summed E-state index contributed by atoms with van der Waals surface area (Å²) in [7, 11) is 2.10. The van der Waals surface area contributed by atoms with Crippen LogP contribution in [0.2, 0.25) is 0 Å². The standard InChI is InChI=1S/C17H26N2/c1-5-8-15(6-2)9-7-12-19(4)17-11-10-14(3)13-16(17)18/h5-6,8,10-11,13H,7,9,12,18H2,1-4H3. The van der Waals surface area contributed by atoms with Crippen molar-refractivity contribution >= 4 is 11.4 Å². The molecule has 1 rings (SSSR count). The molecule has 1 aromatic carbocycles. The largest absolute Gasteiger partial charge is 0.397 e. The molecule has 19 heavy (non-hydrogen) atoms. The van der Waals surface area contributed by atoms with Gasteiger partial charge in [0.05, 0.1) is 11.4 Å². The minimum absolute atomic E-state index is 0.863. The lowest BCUT2D eigenvalue weighted by Crippen LogP contribution is -2.19. The minimum atomic E-state index is 0.863. The lowest BCUT2D eigenvalue weighted by atomic mass is 10.1. The first-order valence-electron chi connectivity index (χ1n) is 6.93. The topological polar surface area (TPSA) is 29.3 Å². The number of benzene rings is 1. The van der Waals surface area contributed by atoms with Crippen molar-refractivity contribution in [3.63, 3.8) is 0 Å². The van der Waals surface area contributed by atoms with E-state index >= 15 is 0 Å². The van der Waals surface area contributed by atoms with Gasteiger partial charge in [-0.3, -0.25) is 0 Å². The van der Waals surface area contributed by atoms with Crippen LogP contribution in [-0.4, -0.2) is 13.6 Å². The Labute approximate surface area is 117 Å². The molecule has 0 saturated heterocycles. The average molecular weight is 258 g/mol. The van der Waals surface area contributed by atoms with Crippen molar-refractivity contribution in [1.29, 1.82) is 0 Å². The van der Waals surface area contributed by atoms with Crippen LogP contribution in [0, 0.1) is 6.92 Å². The quantitative estimate of drug-likeness (QED) is 0.608. The van der Waals surface area contributed by atoms with E-state index in [9.17, 15) is 0 Å². The van der Waals surface area contributed by atoms with Crippen LogP contribution in [0.25, 0.3) is 0 Å². The summed E-state index contributed by atoms with van der Waals surface area (Å²) in [6.07, 6.45) is 8.70. The highest BCUT2D eigenvalue weighted by Gasteiger charge is 2.05. The summed E-state index contributed by atoms with van der Waals surface area (Å²) in [6.45, 7) is 7.23. The molecule has 1 aromatic rings. The summed E-state index contributed by atoms with van der Waals surface area (Å²) in [5.41, 5.74) is 10.7. The molecule has 0 atom stereocenters. The molecule has 0 spiro atoms. The molecule has 0 unspecified atom stereocenters. The van der Waals surface area contributed by atoms with Crippen molar-refractivity contribution in [1.82, 2.24) is 0 Å². The van der Waals surface area contributed by atoms with Crippen LogP contribution >= 0.6 is 0 Å². The van der Waals surface area contributed by atoms with Crippen molar-refractivity contribution < 1.29 is 0 Å². The molecule has 0 fully saturated rings. The Morgan fingerprint density at radius 2 is 2.05 bits per heavy atom. The van der Waals surface area contributed by atoms with Crippen molar-refractivity contribution in [2.24, 2.45) is 0 Å². The van der Waals surface area contributed by atoms with Gasteiger partial charge in [0.2, 0.25) is 0 Å². The average Bonchev–Trinajstić information content (AvgIpc) is 2.37. The van der Waals surface area contributed by atoms with Gasteiger partial charge in [0.1, 0.15) is 0 Å². The van der Waals surface area contributed by atoms with E-state index in [0.29, 0.717) is 0 Å². The van der Waals surface area contributed by atoms with E-state index in [1.54, 1.807) is 0 Å². The molecule has 2 heteroatoms. The van der Waals surface area contributed by atoms with E-state index in [0.717, 1.165) is 30.8 Å². The van der Waals surface area contributed by atoms with Crippen LogP contribution in [0.3, 0.4) is 0 Å². The molecule has 0 aliphatic carbocycles. The van der Waals surface area contributed by atoms with Crippen molar-refractivity contribution in [2.75, 3.05) is 24.2 Å². The highest BCUT2D eigenvalue weighted by atomic mass is 15.1. The van der Waals surface area contributed by atoms with Crippen LogP contribution in [0.5, 0.6) is 0 Å². The minimum Gasteiger partial charge on any atom is -0.397 e. The number of nitrogens with zero attached hydrogens (tertiary/aromatic N) is 1. The SMILES string of the molecule is CC=CC(=CC)CCCN(C)c1ccc(C)cc1N. The number of nitrogen functional groups attached to an aromatic ring is 1. The maximum Gasteiger partial charge on any atom is 0.0597 e. The smallest absolute Gasteiger partial charge is 0.0597 e. The summed E-state index contributed by atoms with van der Waals surface area (Å²) in [5.74, 6) is 0. The van der Waals surface area contributed by atoms with E-state index in [1.807, 2.05) is 6.07 Å². The molecule has 104 valence electrons. The Hall–Kier alpha value is -1.70. The van der Waals surface area contributed by atoms with Crippen LogP contribution in [-0.2, 0) is 0 Å². The second-order valence-electron chi connectivity index (χ2n) is 4.95. The van der Waals surface area contributed by atoms with Gasteiger partial charge in [0, 0.05) is 13.6 Å². The number of nitrogens with two attached hydrogens (primary N) is 1. The predicted octanol–water partition coefficient (Wildman–Crippen LogP) is 4.32. The molecule has 0 heterocycles. The second-order valence-corrected chi connectivity index (χ2v) is 4.95. The monoisotopic (exact) mass is 258 g/mol. The number of anilines is 2. The van der Waals surface area contributed by atoms with Crippen LogP contribution in [0.1, 0.15) is 32.3 Å². The number of rotatable bonds is 6. The summed E-state index contributed by atoms with van der Waals surface area (Å²) in [6, 6.07) is 6.25. The van der Waals surface area contributed by atoms with Gasteiger partial charge in [-0.1, -0.05) is 29.9 Å².